The van der Waals surface area contributed by atoms with Gasteiger partial charge in [0.05, 0.1) is 0 Å². The second-order valence-electron chi connectivity index (χ2n) is 3.66. The molecule has 84 valence electrons. The van der Waals surface area contributed by atoms with E-state index in [1.54, 1.807) is 0 Å². The maximum atomic E-state index is 5.68. The fraction of sp³-hybridized carbons (Fsp3) is 0.333. The first-order valence-electron chi connectivity index (χ1n) is 5.57. The van der Waals surface area contributed by atoms with Crippen LogP contribution in [-0.2, 0) is 9.31 Å². The first-order chi connectivity index (χ1) is 7.92. The molecule has 1 N–H and O–H groups in total. The third-order valence-corrected chi connectivity index (χ3v) is 2.57. The molecule has 0 bridgehead atoms. The van der Waals surface area contributed by atoms with Crippen LogP contribution in [0.5, 0.6) is 0 Å². The molecule has 3 nitrogen and oxygen atoms in total. The molecular formula is C12H16BNO2. The summed E-state index contributed by atoms with van der Waals surface area (Å²) in [6.07, 6.45) is 1.83. The fourth-order valence-electron chi connectivity index (χ4n) is 1.74. The van der Waals surface area contributed by atoms with Crippen LogP contribution < -0.4 is 10.8 Å². The van der Waals surface area contributed by atoms with Gasteiger partial charge in [-0.25, -0.2) is 0 Å². The Hall–Kier alpha value is -1.10. The van der Waals surface area contributed by atoms with E-state index in [1.165, 1.54) is 0 Å². The largest absolute Gasteiger partial charge is 0.494 e. The molecule has 0 aromatic heterocycles. The van der Waals surface area contributed by atoms with Gasteiger partial charge in [-0.3, -0.25) is 0 Å². The lowest BCUT2D eigenvalue weighted by Crippen LogP contribution is -2.44. The van der Waals surface area contributed by atoms with Crippen molar-refractivity contribution in [3.05, 3.63) is 36.4 Å². The topological polar surface area (TPSA) is 30.5 Å². The van der Waals surface area contributed by atoms with Gasteiger partial charge < -0.3 is 14.6 Å². The second kappa shape index (κ2) is 5.84. The highest BCUT2D eigenvalue weighted by molar-refractivity contribution is 6.62. The molecule has 1 aromatic carbocycles. The first kappa shape index (κ1) is 11.4. The quantitative estimate of drug-likeness (QED) is 0.738. The van der Waals surface area contributed by atoms with Gasteiger partial charge in [0.1, 0.15) is 0 Å². The summed E-state index contributed by atoms with van der Waals surface area (Å²) in [5.74, 6) is 0. The minimum absolute atomic E-state index is 0.267. The molecule has 1 aliphatic heterocycles. The molecule has 0 radical (unpaired) electrons. The molecule has 1 heterocycles. The SMILES string of the molecule is C=Cc1ccccc1B1OCCNCCO1. The van der Waals surface area contributed by atoms with Crippen LogP contribution in [0.1, 0.15) is 5.56 Å². The maximum Gasteiger partial charge on any atom is 0.494 e. The third kappa shape index (κ3) is 2.73. The number of hydrogen-bond donors (Lipinski definition) is 1. The summed E-state index contributed by atoms with van der Waals surface area (Å²) in [7, 11) is -0.267. The van der Waals surface area contributed by atoms with Crippen molar-refractivity contribution in [2.24, 2.45) is 0 Å². The predicted molar refractivity (Wildman–Crippen MR) is 66.7 cm³/mol. The Morgan fingerprint density at radius 2 is 1.88 bits per heavy atom. The Morgan fingerprint density at radius 3 is 2.56 bits per heavy atom. The lowest BCUT2D eigenvalue weighted by atomic mass is 9.75. The smallest absolute Gasteiger partial charge is 0.406 e. The lowest BCUT2D eigenvalue weighted by molar-refractivity contribution is 0.187. The average molecular weight is 217 g/mol. The van der Waals surface area contributed by atoms with Gasteiger partial charge in [0.2, 0.25) is 0 Å². The van der Waals surface area contributed by atoms with E-state index in [9.17, 15) is 0 Å². The Labute approximate surface area is 96.6 Å². The minimum Gasteiger partial charge on any atom is -0.406 e. The van der Waals surface area contributed by atoms with Crippen LogP contribution in [0, 0.1) is 0 Å². The van der Waals surface area contributed by atoms with Gasteiger partial charge in [0.25, 0.3) is 0 Å². The number of nitrogens with one attached hydrogen (secondary N) is 1. The Balaban J connectivity index is 2.16. The molecular weight excluding hydrogens is 201 g/mol. The van der Waals surface area contributed by atoms with E-state index in [-0.39, 0.29) is 7.12 Å². The van der Waals surface area contributed by atoms with Gasteiger partial charge in [-0.15, -0.1) is 0 Å². The van der Waals surface area contributed by atoms with Crippen LogP contribution in [0.2, 0.25) is 0 Å². The monoisotopic (exact) mass is 217 g/mol. The van der Waals surface area contributed by atoms with Gasteiger partial charge in [-0.1, -0.05) is 36.9 Å². The molecule has 1 aliphatic rings. The van der Waals surface area contributed by atoms with Crippen LogP contribution in [0.3, 0.4) is 0 Å². The molecule has 1 saturated heterocycles. The highest BCUT2D eigenvalue weighted by atomic mass is 16.6. The van der Waals surface area contributed by atoms with Crippen LogP contribution in [0.4, 0.5) is 0 Å². The Bertz CT molecular complexity index is 349. The van der Waals surface area contributed by atoms with Crippen molar-refractivity contribution < 1.29 is 9.31 Å². The molecule has 0 spiro atoms. The van der Waals surface area contributed by atoms with E-state index < -0.39 is 0 Å². The molecule has 4 heteroatoms. The van der Waals surface area contributed by atoms with Crippen LogP contribution in [-0.4, -0.2) is 33.4 Å². The van der Waals surface area contributed by atoms with Gasteiger partial charge in [0, 0.05) is 26.3 Å². The second-order valence-corrected chi connectivity index (χ2v) is 3.66. The summed E-state index contributed by atoms with van der Waals surface area (Å²) in [6, 6.07) is 8.03. The van der Waals surface area contributed by atoms with E-state index >= 15 is 0 Å². The van der Waals surface area contributed by atoms with Crippen molar-refractivity contribution in [3.63, 3.8) is 0 Å². The third-order valence-electron chi connectivity index (χ3n) is 2.57. The normalized spacial score (nSPS) is 17.6. The molecule has 0 saturated carbocycles. The molecule has 1 fully saturated rings. The highest BCUT2D eigenvalue weighted by Gasteiger charge is 2.24. The molecule has 0 unspecified atom stereocenters. The number of benzene rings is 1. The van der Waals surface area contributed by atoms with Crippen molar-refractivity contribution in [1.82, 2.24) is 5.32 Å². The van der Waals surface area contributed by atoms with Crippen molar-refractivity contribution in [3.8, 4) is 0 Å². The van der Waals surface area contributed by atoms with Crippen molar-refractivity contribution >= 4 is 18.7 Å². The summed E-state index contributed by atoms with van der Waals surface area (Å²) in [6.45, 7) is 6.87. The van der Waals surface area contributed by atoms with Crippen molar-refractivity contribution in [2.75, 3.05) is 26.3 Å². The Morgan fingerprint density at radius 1 is 1.19 bits per heavy atom. The first-order valence-corrected chi connectivity index (χ1v) is 5.57. The van der Waals surface area contributed by atoms with Gasteiger partial charge in [0.15, 0.2) is 0 Å². The fourth-order valence-corrected chi connectivity index (χ4v) is 1.74. The van der Waals surface area contributed by atoms with Crippen LogP contribution >= 0.6 is 0 Å². The summed E-state index contributed by atoms with van der Waals surface area (Å²) in [4.78, 5) is 0. The zero-order chi connectivity index (χ0) is 11.2. The molecule has 16 heavy (non-hydrogen) atoms. The maximum absolute atomic E-state index is 5.68. The molecule has 1 aromatic rings. The van der Waals surface area contributed by atoms with Crippen molar-refractivity contribution in [1.29, 1.82) is 0 Å². The van der Waals surface area contributed by atoms with E-state index in [1.807, 2.05) is 30.3 Å². The van der Waals surface area contributed by atoms with E-state index in [2.05, 4.69) is 11.9 Å². The van der Waals surface area contributed by atoms with E-state index in [0.717, 1.165) is 24.1 Å². The minimum atomic E-state index is -0.267. The Kier molecular flexibility index (Phi) is 4.16. The van der Waals surface area contributed by atoms with Crippen LogP contribution in [0.15, 0.2) is 30.8 Å². The lowest BCUT2D eigenvalue weighted by Gasteiger charge is -2.20. The molecule has 2 rings (SSSR count). The van der Waals surface area contributed by atoms with Gasteiger partial charge in [-0.05, 0) is 11.0 Å². The number of hydrogen-bond acceptors (Lipinski definition) is 3. The molecule has 0 amide bonds. The molecule has 0 atom stereocenters. The van der Waals surface area contributed by atoms with E-state index in [4.69, 9.17) is 9.31 Å². The summed E-state index contributed by atoms with van der Waals surface area (Å²) < 4.78 is 11.4. The standard InChI is InChI=1S/C12H16BNO2/c1-2-11-5-3-4-6-12(11)13-15-9-7-14-8-10-16-13/h2-6,14H,1,7-10H2. The zero-order valence-corrected chi connectivity index (χ0v) is 9.32. The predicted octanol–water partition coefficient (Wildman–Crippen LogP) is 0.661. The van der Waals surface area contributed by atoms with Crippen LogP contribution in [0.25, 0.3) is 6.08 Å². The van der Waals surface area contributed by atoms with Crippen molar-refractivity contribution in [2.45, 2.75) is 0 Å². The number of rotatable bonds is 2. The summed E-state index contributed by atoms with van der Waals surface area (Å²) in [5, 5.41) is 3.22. The summed E-state index contributed by atoms with van der Waals surface area (Å²) in [5.41, 5.74) is 2.13. The highest BCUT2D eigenvalue weighted by Crippen LogP contribution is 2.02. The van der Waals surface area contributed by atoms with E-state index in [0.29, 0.717) is 13.2 Å². The molecule has 0 aliphatic carbocycles. The summed E-state index contributed by atoms with van der Waals surface area (Å²) >= 11 is 0. The average Bonchev–Trinajstić information content (AvgIpc) is 2.29. The van der Waals surface area contributed by atoms with Gasteiger partial charge in [-0.2, -0.15) is 0 Å². The zero-order valence-electron chi connectivity index (χ0n) is 9.32. The van der Waals surface area contributed by atoms with Gasteiger partial charge >= 0.3 is 7.12 Å².